The largest absolute Gasteiger partial charge is 0.378 e. The highest BCUT2D eigenvalue weighted by Gasteiger charge is 2.22. The maximum Gasteiger partial charge on any atom is 0.128 e. The zero-order valence-electron chi connectivity index (χ0n) is 15.7. The summed E-state index contributed by atoms with van der Waals surface area (Å²) in [5, 5.41) is 3.46. The number of hydrogen-bond acceptors (Lipinski definition) is 3. The number of halogens is 2. The summed E-state index contributed by atoms with van der Waals surface area (Å²) in [6.45, 7) is 3.80. The van der Waals surface area contributed by atoms with Gasteiger partial charge >= 0.3 is 0 Å². The van der Waals surface area contributed by atoms with E-state index in [2.05, 4.69) is 39.4 Å². The lowest BCUT2D eigenvalue weighted by Crippen LogP contribution is -2.43. The molecule has 0 saturated carbocycles. The molecule has 0 bridgehead atoms. The van der Waals surface area contributed by atoms with Crippen LogP contribution in [0.1, 0.15) is 31.4 Å². The number of hydrogen-bond donors (Lipinski definition) is 1. The number of nitrogens with one attached hydrogen (secondary N) is 1. The first kappa shape index (κ1) is 18.6. The van der Waals surface area contributed by atoms with Gasteiger partial charge in [-0.25, -0.2) is 8.78 Å². The summed E-state index contributed by atoms with van der Waals surface area (Å²) in [5.74, 6) is -0.754. The van der Waals surface area contributed by atoms with E-state index < -0.39 is 5.82 Å². The fourth-order valence-electron chi connectivity index (χ4n) is 3.56. The summed E-state index contributed by atoms with van der Waals surface area (Å²) in [5.41, 5.74) is 2.82. The Balaban J connectivity index is 1.55. The molecule has 0 unspecified atom stereocenters. The van der Waals surface area contributed by atoms with Crippen molar-refractivity contribution in [2.75, 3.05) is 37.0 Å². The zero-order chi connectivity index (χ0) is 18.7. The molecule has 3 rings (SSSR count). The van der Waals surface area contributed by atoms with E-state index in [-0.39, 0.29) is 11.9 Å². The van der Waals surface area contributed by atoms with Gasteiger partial charge in [-0.1, -0.05) is 0 Å². The molecule has 0 aromatic heterocycles. The van der Waals surface area contributed by atoms with Crippen LogP contribution in [0, 0.1) is 11.6 Å². The monoisotopic (exact) mass is 359 g/mol. The minimum absolute atomic E-state index is 0.207. The van der Waals surface area contributed by atoms with E-state index >= 15 is 0 Å². The lowest BCUT2D eigenvalue weighted by Gasteiger charge is -2.35. The zero-order valence-corrected chi connectivity index (χ0v) is 15.7. The van der Waals surface area contributed by atoms with E-state index in [0.717, 1.165) is 32.0 Å². The van der Waals surface area contributed by atoms with E-state index in [0.29, 0.717) is 11.6 Å². The van der Waals surface area contributed by atoms with Crippen LogP contribution in [0.2, 0.25) is 0 Å². The molecular weight excluding hydrogens is 332 g/mol. The number of rotatable bonds is 5. The number of piperidine rings is 1. The summed E-state index contributed by atoms with van der Waals surface area (Å²) in [4.78, 5) is 4.47. The van der Waals surface area contributed by atoms with E-state index in [9.17, 15) is 8.78 Å². The Morgan fingerprint density at radius 1 is 1.04 bits per heavy atom. The summed E-state index contributed by atoms with van der Waals surface area (Å²) in [7, 11) is 4.07. The van der Waals surface area contributed by atoms with E-state index in [4.69, 9.17) is 0 Å². The van der Waals surface area contributed by atoms with Crippen LogP contribution in [0.4, 0.5) is 20.2 Å². The highest BCUT2D eigenvalue weighted by atomic mass is 19.1. The SMILES string of the molecule is C[C@@H](NC1CCN(c2ccc(N(C)C)cc2)CC1)c1cc(F)ccc1F. The molecule has 1 aliphatic rings. The molecule has 0 radical (unpaired) electrons. The molecule has 5 heteroatoms. The first-order chi connectivity index (χ1) is 12.4. The van der Waals surface area contributed by atoms with Gasteiger partial charge in [-0.3, -0.25) is 0 Å². The molecule has 3 nitrogen and oxygen atoms in total. The van der Waals surface area contributed by atoms with Crippen molar-refractivity contribution in [3.8, 4) is 0 Å². The molecule has 2 aromatic carbocycles. The maximum absolute atomic E-state index is 13.9. The van der Waals surface area contributed by atoms with Crippen LogP contribution >= 0.6 is 0 Å². The fraction of sp³-hybridized carbons (Fsp3) is 0.429. The number of anilines is 2. The van der Waals surface area contributed by atoms with Crippen molar-refractivity contribution in [1.29, 1.82) is 0 Å². The highest BCUT2D eigenvalue weighted by Crippen LogP contribution is 2.25. The van der Waals surface area contributed by atoms with Crippen LogP contribution in [0.3, 0.4) is 0 Å². The molecule has 1 atom stereocenters. The molecule has 1 N–H and O–H groups in total. The third kappa shape index (κ3) is 4.33. The molecule has 0 spiro atoms. The van der Waals surface area contributed by atoms with Crippen LogP contribution < -0.4 is 15.1 Å². The second kappa shape index (κ2) is 8.04. The number of nitrogens with zero attached hydrogens (tertiary/aromatic N) is 2. The molecule has 0 amide bonds. The van der Waals surface area contributed by atoms with Crippen LogP contribution in [0.25, 0.3) is 0 Å². The van der Waals surface area contributed by atoms with Gasteiger partial charge in [0.05, 0.1) is 0 Å². The van der Waals surface area contributed by atoms with Gasteiger partial charge in [-0.05, 0) is 62.2 Å². The fourth-order valence-corrected chi connectivity index (χ4v) is 3.56. The smallest absolute Gasteiger partial charge is 0.128 e. The molecule has 26 heavy (non-hydrogen) atoms. The Bertz CT molecular complexity index is 723. The topological polar surface area (TPSA) is 18.5 Å². The summed E-state index contributed by atoms with van der Waals surface area (Å²) in [6.07, 6.45) is 1.97. The van der Waals surface area contributed by atoms with Gasteiger partial charge in [-0.2, -0.15) is 0 Å². The molecule has 0 aliphatic carbocycles. The van der Waals surface area contributed by atoms with Crippen LogP contribution in [0.5, 0.6) is 0 Å². The summed E-state index contributed by atoms with van der Waals surface area (Å²) < 4.78 is 27.3. The first-order valence-electron chi connectivity index (χ1n) is 9.17. The second-order valence-corrected chi connectivity index (χ2v) is 7.23. The van der Waals surface area contributed by atoms with Crippen LogP contribution in [0.15, 0.2) is 42.5 Å². The third-order valence-corrected chi connectivity index (χ3v) is 5.14. The minimum atomic E-state index is -0.397. The van der Waals surface area contributed by atoms with E-state index in [1.807, 2.05) is 21.0 Å². The Hall–Kier alpha value is -2.14. The Labute approximate surface area is 154 Å². The molecule has 1 aliphatic heterocycles. The molecular formula is C21H27F2N3. The predicted octanol–water partition coefficient (Wildman–Crippen LogP) is 4.35. The summed E-state index contributed by atoms with van der Waals surface area (Å²) >= 11 is 0. The van der Waals surface area contributed by atoms with Crippen molar-refractivity contribution in [3.05, 3.63) is 59.7 Å². The Morgan fingerprint density at radius 2 is 1.69 bits per heavy atom. The normalized spacial score (nSPS) is 16.6. The van der Waals surface area contributed by atoms with Crippen LogP contribution in [-0.2, 0) is 0 Å². The average Bonchev–Trinajstić information content (AvgIpc) is 2.64. The number of benzene rings is 2. The van der Waals surface area contributed by atoms with Gasteiger partial charge in [-0.15, -0.1) is 0 Å². The standard InChI is InChI=1S/C21H27F2N3/c1-15(20-14-16(22)4-9-21(20)23)24-17-10-12-26(13-11-17)19-7-5-18(6-8-19)25(2)3/h4-9,14-15,17,24H,10-13H2,1-3H3/t15-/m1/s1. The second-order valence-electron chi connectivity index (χ2n) is 7.23. The maximum atomic E-state index is 13.9. The highest BCUT2D eigenvalue weighted by molar-refractivity contribution is 5.56. The Kier molecular flexibility index (Phi) is 5.77. The van der Waals surface area contributed by atoms with Crippen molar-refractivity contribution in [3.63, 3.8) is 0 Å². The van der Waals surface area contributed by atoms with Gasteiger partial charge in [0, 0.05) is 56.2 Å². The molecule has 1 saturated heterocycles. The average molecular weight is 359 g/mol. The summed E-state index contributed by atoms with van der Waals surface area (Å²) in [6, 6.07) is 12.3. The quantitative estimate of drug-likeness (QED) is 0.856. The van der Waals surface area contributed by atoms with Crippen molar-refractivity contribution in [2.24, 2.45) is 0 Å². The molecule has 1 fully saturated rings. The molecule has 140 valence electrons. The van der Waals surface area contributed by atoms with E-state index in [1.165, 1.54) is 23.5 Å². The van der Waals surface area contributed by atoms with Crippen LogP contribution in [-0.4, -0.2) is 33.2 Å². The predicted molar refractivity (Wildman–Crippen MR) is 104 cm³/mol. The Morgan fingerprint density at radius 3 is 2.31 bits per heavy atom. The van der Waals surface area contributed by atoms with Gasteiger partial charge in [0.15, 0.2) is 0 Å². The first-order valence-corrected chi connectivity index (χ1v) is 9.17. The van der Waals surface area contributed by atoms with Crippen molar-refractivity contribution >= 4 is 11.4 Å². The lowest BCUT2D eigenvalue weighted by atomic mass is 10.0. The molecule has 1 heterocycles. The lowest BCUT2D eigenvalue weighted by molar-refractivity contribution is 0.375. The van der Waals surface area contributed by atoms with E-state index in [1.54, 1.807) is 0 Å². The molecule has 2 aromatic rings. The third-order valence-electron chi connectivity index (χ3n) is 5.14. The minimum Gasteiger partial charge on any atom is -0.378 e. The van der Waals surface area contributed by atoms with Gasteiger partial charge in [0.25, 0.3) is 0 Å². The van der Waals surface area contributed by atoms with Crippen molar-refractivity contribution < 1.29 is 8.78 Å². The van der Waals surface area contributed by atoms with Crippen molar-refractivity contribution in [1.82, 2.24) is 5.32 Å². The van der Waals surface area contributed by atoms with Gasteiger partial charge < -0.3 is 15.1 Å². The van der Waals surface area contributed by atoms with Gasteiger partial charge in [0.2, 0.25) is 0 Å². The van der Waals surface area contributed by atoms with Crippen molar-refractivity contribution in [2.45, 2.75) is 31.8 Å². The van der Waals surface area contributed by atoms with Gasteiger partial charge in [0.1, 0.15) is 11.6 Å².